The summed E-state index contributed by atoms with van der Waals surface area (Å²) in [4.78, 5) is 22.1. The normalized spacial score (nSPS) is 10.6. The number of carboxylic acids is 1. The molecule has 0 atom stereocenters. The molecule has 2 N–H and O–H groups in total. The van der Waals surface area contributed by atoms with Crippen molar-refractivity contribution in [1.29, 1.82) is 0 Å². The topological polar surface area (TPSA) is 75.6 Å². The maximum atomic E-state index is 11.8. The van der Waals surface area contributed by atoms with E-state index in [-0.39, 0.29) is 31.0 Å². The number of carboxylic acid groups (broad SMARTS) is 1. The number of rotatable bonds is 8. The molecule has 5 nitrogen and oxygen atoms in total. The number of aromatic carboxylic acids is 1. The van der Waals surface area contributed by atoms with Gasteiger partial charge in [0.05, 0.1) is 12.2 Å². The van der Waals surface area contributed by atoms with E-state index in [0.29, 0.717) is 5.56 Å². The molecule has 1 aromatic rings. The number of hydrogen-bond acceptors (Lipinski definition) is 3. The van der Waals surface area contributed by atoms with Crippen LogP contribution in [0.25, 0.3) is 0 Å². The highest BCUT2D eigenvalue weighted by Crippen LogP contribution is 2.05. The van der Waals surface area contributed by atoms with Crippen LogP contribution in [-0.2, 0) is 16.1 Å². The molecule has 1 aromatic carbocycles. The molecule has 0 aliphatic rings. The predicted octanol–water partition coefficient (Wildman–Crippen LogP) is 1.67. The Balaban J connectivity index is 2.30. The number of alkyl halides is 2. The summed E-state index contributed by atoms with van der Waals surface area (Å²) >= 11 is 0. The Kier molecular flexibility index (Phi) is 6.58. The van der Waals surface area contributed by atoms with Gasteiger partial charge in [0.15, 0.2) is 0 Å². The fourth-order valence-corrected chi connectivity index (χ4v) is 1.44. The third-order valence-corrected chi connectivity index (χ3v) is 2.38. The Morgan fingerprint density at radius 1 is 1.35 bits per heavy atom. The monoisotopic (exact) mass is 287 g/mol. The van der Waals surface area contributed by atoms with Crippen molar-refractivity contribution < 1.29 is 28.2 Å². The summed E-state index contributed by atoms with van der Waals surface area (Å²) in [6, 6.07) is 6.17. The quantitative estimate of drug-likeness (QED) is 0.713. The molecular weight excluding hydrogens is 272 g/mol. The zero-order valence-corrected chi connectivity index (χ0v) is 10.6. The van der Waals surface area contributed by atoms with Crippen LogP contribution in [-0.4, -0.2) is 36.6 Å². The number of benzene rings is 1. The Morgan fingerprint density at radius 2 is 2.10 bits per heavy atom. The van der Waals surface area contributed by atoms with E-state index in [0.717, 1.165) is 0 Å². The molecule has 0 bridgehead atoms. The van der Waals surface area contributed by atoms with Crippen LogP contribution in [0, 0.1) is 0 Å². The Bertz CT molecular complexity index is 465. The SMILES string of the molecule is O=C(CCOCC(F)F)NCc1cccc(C(=O)O)c1. The molecule has 0 heterocycles. The van der Waals surface area contributed by atoms with E-state index in [4.69, 9.17) is 5.11 Å². The molecule has 1 rings (SSSR count). The van der Waals surface area contributed by atoms with Gasteiger partial charge < -0.3 is 15.2 Å². The lowest BCUT2D eigenvalue weighted by atomic mass is 10.1. The third-order valence-electron chi connectivity index (χ3n) is 2.38. The van der Waals surface area contributed by atoms with Crippen LogP contribution in [0.2, 0.25) is 0 Å². The smallest absolute Gasteiger partial charge is 0.335 e. The van der Waals surface area contributed by atoms with Crippen LogP contribution in [0.5, 0.6) is 0 Å². The summed E-state index contributed by atoms with van der Waals surface area (Å²) in [5.41, 5.74) is 0.781. The number of hydrogen-bond donors (Lipinski definition) is 2. The Hall–Kier alpha value is -2.02. The first-order valence-corrected chi connectivity index (χ1v) is 5.94. The van der Waals surface area contributed by atoms with Crippen LogP contribution >= 0.6 is 0 Å². The first-order chi connectivity index (χ1) is 9.49. The van der Waals surface area contributed by atoms with Crippen molar-refractivity contribution in [3.63, 3.8) is 0 Å². The van der Waals surface area contributed by atoms with Gasteiger partial charge in [-0.15, -0.1) is 0 Å². The van der Waals surface area contributed by atoms with Gasteiger partial charge in [-0.1, -0.05) is 12.1 Å². The third kappa shape index (κ3) is 6.24. The van der Waals surface area contributed by atoms with Crippen LogP contribution < -0.4 is 5.32 Å². The highest BCUT2D eigenvalue weighted by atomic mass is 19.3. The highest BCUT2D eigenvalue weighted by Gasteiger charge is 2.06. The fourth-order valence-electron chi connectivity index (χ4n) is 1.44. The molecule has 110 valence electrons. The van der Waals surface area contributed by atoms with Crippen molar-refractivity contribution >= 4 is 11.9 Å². The van der Waals surface area contributed by atoms with Crippen molar-refractivity contribution in [2.75, 3.05) is 13.2 Å². The van der Waals surface area contributed by atoms with Gasteiger partial charge >= 0.3 is 5.97 Å². The first kappa shape index (κ1) is 16.0. The molecule has 0 aliphatic carbocycles. The molecule has 7 heteroatoms. The zero-order valence-electron chi connectivity index (χ0n) is 10.6. The largest absolute Gasteiger partial charge is 0.478 e. The van der Waals surface area contributed by atoms with E-state index in [2.05, 4.69) is 10.1 Å². The second-order valence-electron chi connectivity index (χ2n) is 4.00. The van der Waals surface area contributed by atoms with E-state index >= 15 is 0 Å². The fraction of sp³-hybridized carbons (Fsp3) is 0.385. The summed E-state index contributed by atoms with van der Waals surface area (Å²) in [7, 11) is 0. The summed E-state index contributed by atoms with van der Waals surface area (Å²) < 4.78 is 28.1. The van der Waals surface area contributed by atoms with E-state index in [1.54, 1.807) is 12.1 Å². The van der Waals surface area contributed by atoms with Crippen molar-refractivity contribution in [3.8, 4) is 0 Å². The van der Waals surface area contributed by atoms with Crippen molar-refractivity contribution in [2.45, 2.75) is 19.4 Å². The molecule has 0 radical (unpaired) electrons. The molecule has 1 amide bonds. The van der Waals surface area contributed by atoms with Crippen LogP contribution in [0.1, 0.15) is 22.3 Å². The molecule has 0 fully saturated rings. The molecule has 0 saturated heterocycles. The van der Waals surface area contributed by atoms with Gasteiger partial charge in [-0.25, -0.2) is 13.6 Å². The molecule has 20 heavy (non-hydrogen) atoms. The van der Waals surface area contributed by atoms with Crippen LogP contribution in [0.3, 0.4) is 0 Å². The van der Waals surface area contributed by atoms with Gasteiger partial charge in [0.1, 0.15) is 6.61 Å². The lowest BCUT2D eigenvalue weighted by Crippen LogP contribution is -2.24. The first-order valence-electron chi connectivity index (χ1n) is 5.94. The average Bonchev–Trinajstić information content (AvgIpc) is 2.41. The molecule has 0 aliphatic heterocycles. The predicted molar refractivity (Wildman–Crippen MR) is 66.7 cm³/mol. The van der Waals surface area contributed by atoms with Gasteiger partial charge in [0.25, 0.3) is 6.43 Å². The number of halogens is 2. The average molecular weight is 287 g/mol. The maximum absolute atomic E-state index is 11.8. The lowest BCUT2D eigenvalue weighted by Gasteiger charge is -2.06. The van der Waals surface area contributed by atoms with E-state index < -0.39 is 19.0 Å². The summed E-state index contributed by atoms with van der Waals surface area (Å²) in [5, 5.41) is 11.4. The van der Waals surface area contributed by atoms with Crippen molar-refractivity contribution in [1.82, 2.24) is 5.32 Å². The number of amides is 1. The zero-order chi connectivity index (χ0) is 15.0. The minimum Gasteiger partial charge on any atom is -0.478 e. The number of nitrogens with one attached hydrogen (secondary N) is 1. The Labute approximate surface area is 114 Å². The van der Waals surface area contributed by atoms with Crippen molar-refractivity contribution in [3.05, 3.63) is 35.4 Å². The molecule has 0 unspecified atom stereocenters. The number of ether oxygens (including phenoxy) is 1. The summed E-state index contributed by atoms with van der Waals surface area (Å²) in [6.07, 6.45) is -2.57. The minimum atomic E-state index is -2.54. The number of carbonyl (C=O) groups is 2. The van der Waals surface area contributed by atoms with Crippen LogP contribution in [0.15, 0.2) is 24.3 Å². The summed E-state index contributed by atoms with van der Waals surface area (Å²) in [6.45, 7) is -0.589. The van der Waals surface area contributed by atoms with E-state index in [9.17, 15) is 18.4 Å². The maximum Gasteiger partial charge on any atom is 0.335 e. The van der Waals surface area contributed by atoms with Gasteiger partial charge in [-0.2, -0.15) is 0 Å². The second kappa shape index (κ2) is 8.21. The standard InChI is InChI=1S/C13H15F2NO4/c14-11(15)8-20-5-4-12(17)16-7-9-2-1-3-10(6-9)13(18)19/h1-3,6,11H,4-5,7-8H2,(H,16,17)(H,18,19). The Morgan fingerprint density at radius 3 is 2.75 bits per heavy atom. The molecule has 0 spiro atoms. The van der Waals surface area contributed by atoms with Gasteiger partial charge in [0.2, 0.25) is 5.91 Å². The second-order valence-corrected chi connectivity index (χ2v) is 4.00. The molecule has 0 saturated carbocycles. The van der Waals surface area contributed by atoms with Crippen molar-refractivity contribution in [2.24, 2.45) is 0 Å². The minimum absolute atomic E-state index is 0.0225. The van der Waals surface area contributed by atoms with E-state index in [1.807, 2.05) is 0 Å². The number of carbonyl (C=O) groups excluding carboxylic acids is 1. The van der Waals surface area contributed by atoms with Gasteiger partial charge in [0, 0.05) is 13.0 Å². The van der Waals surface area contributed by atoms with Gasteiger partial charge in [-0.05, 0) is 17.7 Å². The molecule has 0 aromatic heterocycles. The van der Waals surface area contributed by atoms with Gasteiger partial charge in [-0.3, -0.25) is 4.79 Å². The lowest BCUT2D eigenvalue weighted by molar-refractivity contribution is -0.122. The van der Waals surface area contributed by atoms with Crippen LogP contribution in [0.4, 0.5) is 8.78 Å². The summed E-state index contributed by atoms with van der Waals surface area (Å²) in [5.74, 6) is -1.39. The molecular formula is C13H15F2NO4. The highest BCUT2D eigenvalue weighted by molar-refractivity contribution is 5.87. The van der Waals surface area contributed by atoms with E-state index in [1.165, 1.54) is 12.1 Å².